The Morgan fingerprint density at radius 2 is 2.04 bits per heavy atom. The highest BCUT2D eigenvalue weighted by Crippen LogP contribution is 2.24. The fraction of sp³-hybridized carbons (Fsp3) is 0.263. The lowest BCUT2D eigenvalue weighted by Crippen LogP contribution is -2.43. The van der Waals surface area contributed by atoms with Crippen LogP contribution in [0.3, 0.4) is 0 Å². The summed E-state index contributed by atoms with van der Waals surface area (Å²) in [6.07, 6.45) is 1.08. The van der Waals surface area contributed by atoms with Crippen LogP contribution < -0.4 is 10.6 Å². The van der Waals surface area contributed by atoms with E-state index in [4.69, 9.17) is 0 Å². The van der Waals surface area contributed by atoms with Crippen LogP contribution in [-0.4, -0.2) is 24.0 Å². The molecule has 1 aliphatic rings. The van der Waals surface area contributed by atoms with E-state index in [0.29, 0.717) is 5.56 Å². The summed E-state index contributed by atoms with van der Waals surface area (Å²) in [5.41, 5.74) is 3.68. The summed E-state index contributed by atoms with van der Waals surface area (Å²) in [5, 5.41) is 7.27. The number of rotatable bonds is 4. The third kappa shape index (κ3) is 3.18. The minimum absolute atomic E-state index is 0.0850. The summed E-state index contributed by atoms with van der Waals surface area (Å²) >= 11 is 1.66. The highest BCUT2D eigenvalue weighted by Gasteiger charge is 2.17. The van der Waals surface area contributed by atoms with Crippen LogP contribution in [0.1, 0.15) is 20.9 Å². The predicted molar refractivity (Wildman–Crippen MR) is 98.8 cm³/mol. The molecule has 1 aromatic heterocycles. The van der Waals surface area contributed by atoms with Gasteiger partial charge in [-0.2, -0.15) is 0 Å². The Bertz CT molecular complexity index is 881. The Morgan fingerprint density at radius 1 is 1.25 bits per heavy atom. The molecule has 0 bridgehead atoms. The van der Waals surface area contributed by atoms with Crippen molar-refractivity contribution in [3.05, 3.63) is 58.6 Å². The molecule has 0 aliphatic carbocycles. The van der Waals surface area contributed by atoms with Gasteiger partial charge in [-0.15, -0.1) is 11.3 Å². The second-order valence-electron chi connectivity index (χ2n) is 6.29. The van der Waals surface area contributed by atoms with E-state index in [2.05, 4.69) is 27.8 Å². The van der Waals surface area contributed by atoms with Crippen molar-refractivity contribution in [1.29, 1.82) is 0 Å². The van der Waals surface area contributed by atoms with Crippen molar-refractivity contribution in [3.8, 4) is 0 Å². The number of aromatic nitrogens is 1. The first-order valence-corrected chi connectivity index (χ1v) is 8.97. The first-order valence-electron chi connectivity index (χ1n) is 8.15. The van der Waals surface area contributed by atoms with Gasteiger partial charge < -0.3 is 10.6 Å². The quantitative estimate of drug-likeness (QED) is 0.764. The molecule has 1 aliphatic heterocycles. The van der Waals surface area contributed by atoms with E-state index in [9.17, 15) is 4.79 Å². The van der Waals surface area contributed by atoms with Gasteiger partial charge in [0.1, 0.15) is 0 Å². The van der Waals surface area contributed by atoms with Crippen molar-refractivity contribution < 1.29 is 4.79 Å². The van der Waals surface area contributed by atoms with Crippen LogP contribution in [0, 0.1) is 12.8 Å². The zero-order chi connectivity index (χ0) is 16.5. The maximum atomic E-state index is 12.4. The summed E-state index contributed by atoms with van der Waals surface area (Å²) in [5.74, 6) is 0.649. The predicted octanol–water partition coefficient (Wildman–Crippen LogP) is 3.62. The number of thiazole rings is 1. The number of benzene rings is 2. The molecule has 0 saturated carbocycles. The summed E-state index contributed by atoms with van der Waals surface area (Å²) in [7, 11) is 0. The summed E-state index contributed by atoms with van der Waals surface area (Å²) in [4.78, 5) is 16.9. The van der Waals surface area contributed by atoms with Crippen molar-refractivity contribution in [2.75, 3.05) is 18.4 Å². The number of hydrogen-bond donors (Lipinski definition) is 2. The first kappa shape index (κ1) is 15.3. The lowest BCUT2D eigenvalue weighted by molar-refractivity contribution is 0.102. The monoisotopic (exact) mass is 337 g/mol. The van der Waals surface area contributed by atoms with E-state index in [1.165, 1.54) is 5.56 Å². The molecule has 3 aromatic rings. The van der Waals surface area contributed by atoms with Crippen LogP contribution >= 0.6 is 11.3 Å². The molecule has 5 heteroatoms. The van der Waals surface area contributed by atoms with Crippen molar-refractivity contribution >= 4 is 33.1 Å². The molecule has 2 N–H and O–H groups in total. The SMILES string of the molecule is Cc1nc2cc(NC(=O)c3ccc(CC4CNC4)cc3)ccc2s1. The molecule has 1 saturated heterocycles. The smallest absolute Gasteiger partial charge is 0.255 e. The molecular weight excluding hydrogens is 318 g/mol. The van der Waals surface area contributed by atoms with Gasteiger partial charge in [-0.3, -0.25) is 4.79 Å². The van der Waals surface area contributed by atoms with Crippen LogP contribution in [0.4, 0.5) is 5.69 Å². The van der Waals surface area contributed by atoms with Gasteiger partial charge in [-0.05, 0) is 68.2 Å². The van der Waals surface area contributed by atoms with Gasteiger partial charge in [-0.1, -0.05) is 12.1 Å². The topological polar surface area (TPSA) is 54.0 Å². The summed E-state index contributed by atoms with van der Waals surface area (Å²) in [6, 6.07) is 13.8. The summed E-state index contributed by atoms with van der Waals surface area (Å²) in [6.45, 7) is 4.19. The van der Waals surface area contributed by atoms with Crippen LogP contribution in [0.2, 0.25) is 0 Å². The average molecular weight is 337 g/mol. The van der Waals surface area contributed by atoms with Gasteiger partial charge in [-0.25, -0.2) is 4.98 Å². The second-order valence-corrected chi connectivity index (χ2v) is 7.53. The number of anilines is 1. The minimum Gasteiger partial charge on any atom is -0.322 e. The largest absolute Gasteiger partial charge is 0.322 e. The van der Waals surface area contributed by atoms with Gasteiger partial charge in [0.2, 0.25) is 0 Å². The molecule has 0 radical (unpaired) electrons. The van der Waals surface area contributed by atoms with E-state index in [1.54, 1.807) is 11.3 Å². The maximum absolute atomic E-state index is 12.4. The molecule has 1 fully saturated rings. The number of carbonyl (C=O) groups is 1. The number of carbonyl (C=O) groups excluding carboxylic acids is 1. The Hall–Kier alpha value is -2.24. The molecular formula is C19H19N3OS. The number of aryl methyl sites for hydroxylation is 1. The number of nitrogens with one attached hydrogen (secondary N) is 2. The van der Waals surface area contributed by atoms with Crippen LogP contribution in [0.25, 0.3) is 10.2 Å². The normalized spacial score (nSPS) is 14.5. The van der Waals surface area contributed by atoms with Gasteiger partial charge in [0.15, 0.2) is 0 Å². The molecule has 0 atom stereocenters. The van der Waals surface area contributed by atoms with Crippen molar-refractivity contribution in [2.45, 2.75) is 13.3 Å². The van der Waals surface area contributed by atoms with E-state index < -0.39 is 0 Å². The van der Waals surface area contributed by atoms with E-state index in [1.807, 2.05) is 37.3 Å². The Morgan fingerprint density at radius 3 is 2.75 bits per heavy atom. The van der Waals surface area contributed by atoms with Gasteiger partial charge >= 0.3 is 0 Å². The molecule has 2 aromatic carbocycles. The van der Waals surface area contributed by atoms with E-state index in [-0.39, 0.29) is 5.91 Å². The van der Waals surface area contributed by atoms with Crippen molar-refractivity contribution in [1.82, 2.24) is 10.3 Å². The first-order chi connectivity index (χ1) is 11.7. The molecule has 2 heterocycles. The highest BCUT2D eigenvalue weighted by molar-refractivity contribution is 7.18. The Kier molecular flexibility index (Phi) is 4.04. The molecule has 0 spiro atoms. The van der Waals surface area contributed by atoms with Crippen LogP contribution in [0.5, 0.6) is 0 Å². The number of hydrogen-bond acceptors (Lipinski definition) is 4. The molecule has 122 valence electrons. The van der Waals surface area contributed by atoms with Gasteiger partial charge in [0, 0.05) is 11.3 Å². The zero-order valence-electron chi connectivity index (χ0n) is 13.5. The lowest BCUT2D eigenvalue weighted by Gasteiger charge is -2.27. The third-order valence-electron chi connectivity index (χ3n) is 4.36. The van der Waals surface area contributed by atoms with Gasteiger partial charge in [0.25, 0.3) is 5.91 Å². The standard InChI is InChI=1S/C19H19N3OS/c1-12-21-17-9-16(6-7-18(17)24-12)22-19(23)15-4-2-13(3-5-15)8-14-10-20-11-14/h2-7,9,14,20H,8,10-11H2,1H3,(H,22,23). The fourth-order valence-electron chi connectivity index (χ4n) is 2.94. The fourth-order valence-corrected chi connectivity index (χ4v) is 3.75. The minimum atomic E-state index is -0.0850. The van der Waals surface area contributed by atoms with Gasteiger partial charge in [0.05, 0.1) is 15.2 Å². The molecule has 4 nitrogen and oxygen atoms in total. The number of fused-ring (bicyclic) bond motifs is 1. The lowest BCUT2D eigenvalue weighted by atomic mass is 9.94. The van der Waals surface area contributed by atoms with Crippen LogP contribution in [0.15, 0.2) is 42.5 Å². The number of nitrogens with zero attached hydrogens (tertiary/aromatic N) is 1. The molecule has 24 heavy (non-hydrogen) atoms. The van der Waals surface area contributed by atoms with Crippen molar-refractivity contribution in [2.24, 2.45) is 5.92 Å². The molecule has 4 rings (SSSR count). The highest BCUT2D eigenvalue weighted by atomic mass is 32.1. The van der Waals surface area contributed by atoms with Crippen molar-refractivity contribution in [3.63, 3.8) is 0 Å². The summed E-state index contributed by atoms with van der Waals surface area (Å²) < 4.78 is 1.14. The zero-order valence-corrected chi connectivity index (χ0v) is 14.3. The number of amides is 1. The molecule has 0 unspecified atom stereocenters. The average Bonchev–Trinajstić information content (AvgIpc) is 2.91. The van der Waals surface area contributed by atoms with Crippen LogP contribution in [-0.2, 0) is 6.42 Å². The third-order valence-corrected chi connectivity index (χ3v) is 5.31. The maximum Gasteiger partial charge on any atom is 0.255 e. The molecule has 1 amide bonds. The Balaban J connectivity index is 1.45. The Labute approximate surface area is 144 Å². The van der Waals surface area contributed by atoms with E-state index >= 15 is 0 Å². The second kappa shape index (κ2) is 6.34. The van der Waals surface area contributed by atoms with E-state index in [0.717, 1.165) is 46.3 Å².